The first-order valence-electron chi connectivity index (χ1n) is 7.18. The fraction of sp³-hybridized carbons (Fsp3) is 0.133. The molecule has 0 heterocycles. The van der Waals surface area contributed by atoms with Crippen LogP contribution in [0, 0.1) is 15.9 Å². The fourth-order valence-electron chi connectivity index (χ4n) is 1.81. The third-order valence-corrected chi connectivity index (χ3v) is 4.44. The van der Waals surface area contributed by atoms with Crippen LogP contribution in [0.2, 0.25) is 0 Å². The normalized spacial score (nSPS) is 12.2. The highest BCUT2D eigenvalue weighted by Gasteiger charge is 2.20. The monoisotopic (exact) mass is 383 g/mol. The molecule has 0 bridgehead atoms. The molecule has 9 nitrogen and oxygen atoms in total. The Balaban J connectivity index is 1.98. The van der Waals surface area contributed by atoms with Gasteiger partial charge in [0.15, 0.2) is 17.7 Å². The van der Waals surface area contributed by atoms with Gasteiger partial charge in [0.1, 0.15) is 0 Å². The molecule has 2 aromatic carbocycles. The summed E-state index contributed by atoms with van der Waals surface area (Å²) in [5, 5.41) is 10.6. The van der Waals surface area contributed by atoms with Crippen LogP contribution in [0.3, 0.4) is 0 Å². The van der Waals surface area contributed by atoms with Gasteiger partial charge in [0.05, 0.1) is 9.82 Å². The van der Waals surface area contributed by atoms with Crippen LogP contribution in [0.5, 0.6) is 5.75 Å². The summed E-state index contributed by atoms with van der Waals surface area (Å²) in [6, 6.07) is 9.50. The highest BCUT2D eigenvalue weighted by Crippen LogP contribution is 2.17. The number of carbonyl (C=O) groups is 1. The van der Waals surface area contributed by atoms with Gasteiger partial charge in [0.2, 0.25) is 0 Å². The summed E-state index contributed by atoms with van der Waals surface area (Å²) in [5.41, 5.74) is 1.66. The number of hydrogen-bond donors (Lipinski definition) is 2. The Morgan fingerprint density at radius 1 is 1.19 bits per heavy atom. The maximum absolute atomic E-state index is 13.5. The number of para-hydroxylation sites is 1. The van der Waals surface area contributed by atoms with Crippen LogP contribution in [-0.2, 0) is 14.8 Å². The molecule has 0 fully saturated rings. The van der Waals surface area contributed by atoms with Gasteiger partial charge in [0, 0.05) is 12.1 Å². The predicted molar refractivity (Wildman–Crippen MR) is 88.1 cm³/mol. The molecule has 0 aliphatic heterocycles. The van der Waals surface area contributed by atoms with Crippen molar-refractivity contribution in [2.75, 3.05) is 0 Å². The lowest BCUT2D eigenvalue weighted by atomic mass is 10.3. The maximum Gasteiger partial charge on any atom is 0.275 e. The molecule has 0 unspecified atom stereocenters. The Bertz CT molecular complexity index is 917. The van der Waals surface area contributed by atoms with E-state index in [0.29, 0.717) is 0 Å². The zero-order valence-electron chi connectivity index (χ0n) is 13.4. The molecule has 1 atom stereocenters. The van der Waals surface area contributed by atoms with Gasteiger partial charge >= 0.3 is 0 Å². The van der Waals surface area contributed by atoms with Crippen LogP contribution in [0.1, 0.15) is 6.92 Å². The van der Waals surface area contributed by atoms with E-state index in [9.17, 15) is 27.7 Å². The molecule has 0 saturated heterocycles. The number of amides is 1. The standard InChI is InChI=1S/C15H14FN3O6S/c1-10(25-14-5-3-2-4-13(14)16)15(20)17-18-26(23,24)12-8-6-11(7-9-12)19(21)22/h2-10,18H,1H3,(H,17,20)/t10-/m1/s1. The summed E-state index contributed by atoms with van der Waals surface area (Å²) in [5.74, 6) is -1.69. The zero-order chi connectivity index (χ0) is 19.3. The lowest BCUT2D eigenvalue weighted by molar-refractivity contribution is -0.384. The van der Waals surface area contributed by atoms with Gasteiger partial charge in [0.25, 0.3) is 21.6 Å². The van der Waals surface area contributed by atoms with Crippen LogP contribution in [0.25, 0.3) is 0 Å². The first-order chi connectivity index (χ1) is 12.2. The summed E-state index contributed by atoms with van der Waals surface area (Å²) in [6.45, 7) is 1.31. The van der Waals surface area contributed by atoms with E-state index >= 15 is 0 Å². The fourth-order valence-corrected chi connectivity index (χ4v) is 2.66. The average Bonchev–Trinajstić information content (AvgIpc) is 2.61. The second-order valence-corrected chi connectivity index (χ2v) is 6.72. The molecule has 0 saturated carbocycles. The topological polar surface area (TPSA) is 128 Å². The Hall–Kier alpha value is -3.05. The van der Waals surface area contributed by atoms with Crippen molar-refractivity contribution in [2.45, 2.75) is 17.9 Å². The summed E-state index contributed by atoms with van der Waals surface area (Å²) in [6.07, 6.45) is -1.19. The quantitative estimate of drug-likeness (QED) is 0.551. The number of nitrogens with zero attached hydrogens (tertiary/aromatic N) is 1. The number of non-ortho nitro benzene ring substituents is 1. The molecule has 2 aromatic rings. The van der Waals surface area contributed by atoms with E-state index in [0.717, 1.165) is 30.3 Å². The second-order valence-electron chi connectivity index (χ2n) is 5.04. The molecule has 0 radical (unpaired) electrons. The third-order valence-electron chi connectivity index (χ3n) is 3.18. The van der Waals surface area contributed by atoms with E-state index in [1.165, 1.54) is 25.1 Å². The van der Waals surface area contributed by atoms with Crippen molar-refractivity contribution in [1.82, 2.24) is 10.3 Å². The number of sulfonamides is 1. The molecular weight excluding hydrogens is 369 g/mol. The van der Waals surface area contributed by atoms with E-state index in [1.807, 2.05) is 10.3 Å². The number of nitro groups is 1. The molecule has 0 aliphatic carbocycles. The van der Waals surface area contributed by atoms with Crippen LogP contribution in [0.4, 0.5) is 10.1 Å². The number of halogens is 1. The second kappa shape index (κ2) is 7.89. The number of ether oxygens (including phenoxy) is 1. The van der Waals surface area contributed by atoms with Crippen molar-refractivity contribution in [3.05, 3.63) is 64.5 Å². The summed E-state index contributed by atoms with van der Waals surface area (Å²) in [7, 11) is -4.15. The smallest absolute Gasteiger partial charge is 0.275 e. The Morgan fingerprint density at radius 3 is 2.38 bits per heavy atom. The van der Waals surface area contributed by atoms with Gasteiger partial charge in [-0.05, 0) is 31.2 Å². The van der Waals surface area contributed by atoms with E-state index < -0.39 is 32.8 Å². The van der Waals surface area contributed by atoms with E-state index in [-0.39, 0.29) is 16.3 Å². The number of rotatable bonds is 7. The number of nitro benzene ring substituents is 1. The van der Waals surface area contributed by atoms with E-state index in [1.54, 1.807) is 0 Å². The van der Waals surface area contributed by atoms with Crippen molar-refractivity contribution in [2.24, 2.45) is 0 Å². The molecule has 26 heavy (non-hydrogen) atoms. The van der Waals surface area contributed by atoms with Crippen LogP contribution >= 0.6 is 0 Å². The van der Waals surface area contributed by atoms with Crippen molar-refractivity contribution >= 4 is 21.6 Å². The Kier molecular flexibility index (Phi) is 5.85. The van der Waals surface area contributed by atoms with Crippen molar-refractivity contribution in [3.8, 4) is 5.75 Å². The van der Waals surface area contributed by atoms with E-state index in [4.69, 9.17) is 4.74 Å². The van der Waals surface area contributed by atoms with Gasteiger partial charge in [-0.15, -0.1) is 4.83 Å². The first kappa shape index (κ1) is 19.3. The third kappa shape index (κ3) is 4.74. The Labute approximate surface area is 148 Å². The molecule has 0 spiro atoms. The first-order valence-corrected chi connectivity index (χ1v) is 8.66. The summed E-state index contributed by atoms with van der Waals surface area (Å²) >= 11 is 0. The summed E-state index contributed by atoms with van der Waals surface area (Å²) in [4.78, 5) is 23.3. The van der Waals surface area contributed by atoms with Crippen molar-refractivity contribution < 1.29 is 27.3 Å². The Morgan fingerprint density at radius 2 is 1.81 bits per heavy atom. The lowest BCUT2D eigenvalue weighted by Gasteiger charge is -2.15. The average molecular weight is 383 g/mol. The number of carbonyl (C=O) groups excluding carboxylic acids is 1. The van der Waals surface area contributed by atoms with Gasteiger partial charge in [-0.3, -0.25) is 20.3 Å². The highest BCUT2D eigenvalue weighted by atomic mass is 32.2. The minimum absolute atomic E-state index is 0.159. The maximum atomic E-state index is 13.5. The van der Waals surface area contributed by atoms with Crippen LogP contribution in [-0.4, -0.2) is 25.4 Å². The van der Waals surface area contributed by atoms with Crippen LogP contribution < -0.4 is 15.0 Å². The van der Waals surface area contributed by atoms with Crippen LogP contribution in [0.15, 0.2) is 53.4 Å². The number of nitrogens with one attached hydrogen (secondary N) is 2. The molecular formula is C15H14FN3O6S. The van der Waals surface area contributed by atoms with Crippen molar-refractivity contribution in [3.63, 3.8) is 0 Å². The molecule has 2 rings (SSSR count). The minimum atomic E-state index is -4.15. The molecule has 0 aromatic heterocycles. The molecule has 11 heteroatoms. The van der Waals surface area contributed by atoms with Gasteiger partial charge < -0.3 is 4.74 Å². The zero-order valence-corrected chi connectivity index (χ0v) is 14.2. The van der Waals surface area contributed by atoms with E-state index in [2.05, 4.69) is 0 Å². The van der Waals surface area contributed by atoms with Gasteiger partial charge in [-0.25, -0.2) is 12.8 Å². The SMILES string of the molecule is C[C@@H](Oc1ccccc1F)C(=O)NNS(=O)(=O)c1ccc([N+](=O)[O-])cc1. The largest absolute Gasteiger partial charge is 0.478 e. The van der Waals surface area contributed by atoms with Crippen molar-refractivity contribution in [1.29, 1.82) is 0 Å². The lowest BCUT2D eigenvalue weighted by Crippen LogP contribution is -2.47. The predicted octanol–water partition coefficient (Wildman–Crippen LogP) is 1.51. The van der Waals surface area contributed by atoms with Gasteiger partial charge in [-0.1, -0.05) is 12.1 Å². The highest BCUT2D eigenvalue weighted by molar-refractivity contribution is 7.89. The number of benzene rings is 2. The van der Waals surface area contributed by atoms with Gasteiger partial charge in [-0.2, -0.15) is 0 Å². The minimum Gasteiger partial charge on any atom is -0.478 e. The molecule has 1 amide bonds. The number of hydrazine groups is 1. The summed E-state index contributed by atoms with van der Waals surface area (Å²) < 4.78 is 42.7. The molecule has 138 valence electrons. The molecule has 2 N–H and O–H groups in total. The molecule has 0 aliphatic rings. The number of hydrogen-bond acceptors (Lipinski definition) is 6.